The van der Waals surface area contributed by atoms with Gasteiger partial charge in [-0.3, -0.25) is 14.9 Å². The third-order valence-corrected chi connectivity index (χ3v) is 5.46. The van der Waals surface area contributed by atoms with Crippen molar-refractivity contribution < 1.29 is 14.1 Å². The monoisotopic (exact) mass is 439 g/mol. The molecule has 150 valence electrons. The number of hydrogen-bond acceptors (Lipinski definition) is 9. The highest BCUT2D eigenvalue weighted by atomic mass is 32.2. The lowest BCUT2D eigenvalue weighted by Crippen LogP contribution is -2.13. The number of rotatable bonds is 7. The highest BCUT2D eigenvalue weighted by Crippen LogP contribution is 2.30. The SMILES string of the molecule is O=C(CSc1nnc(-c2ccccc2[N+](=O)[O-])o1)Nc1nc(-c2ccccc2)cs1. The maximum absolute atomic E-state index is 12.2. The molecule has 0 spiro atoms. The maximum Gasteiger partial charge on any atom is 0.282 e. The topological polar surface area (TPSA) is 124 Å². The molecule has 2 heterocycles. The van der Waals surface area contributed by atoms with Gasteiger partial charge in [0.25, 0.3) is 16.8 Å². The predicted octanol–water partition coefficient (Wildman–Crippen LogP) is 4.50. The van der Waals surface area contributed by atoms with Gasteiger partial charge in [0.15, 0.2) is 5.13 Å². The Hall–Kier alpha value is -3.57. The Morgan fingerprint density at radius 1 is 1.13 bits per heavy atom. The van der Waals surface area contributed by atoms with Crippen molar-refractivity contribution >= 4 is 39.8 Å². The number of amides is 1. The fourth-order valence-corrected chi connectivity index (χ4v) is 3.84. The lowest BCUT2D eigenvalue weighted by atomic mass is 10.2. The van der Waals surface area contributed by atoms with Crippen molar-refractivity contribution in [3.05, 3.63) is 70.1 Å². The van der Waals surface area contributed by atoms with Gasteiger partial charge in [-0.25, -0.2) is 4.98 Å². The van der Waals surface area contributed by atoms with E-state index in [1.165, 1.54) is 23.5 Å². The number of benzene rings is 2. The summed E-state index contributed by atoms with van der Waals surface area (Å²) in [4.78, 5) is 27.2. The van der Waals surface area contributed by atoms with Crippen molar-refractivity contribution in [2.45, 2.75) is 5.22 Å². The van der Waals surface area contributed by atoms with Crippen LogP contribution in [0.1, 0.15) is 0 Å². The van der Waals surface area contributed by atoms with E-state index in [1.54, 1.807) is 12.1 Å². The van der Waals surface area contributed by atoms with Gasteiger partial charge in [0.1, 0.15) is 5.56 Å². The number of thiazole rings is 1. The van der Waals surface area contributed by atoms with Crippen molar-refractivity contribution in [3.63, 3.8) is 0 Å². The first-order valence-corrected chi connectivity index (χ1v) is 10.5. The van der Waals surface area contributed by atoms with Gasteiger partial charge in [0.05, 0.1) is 16.4 Å². The zero-order chi connectivity index (χ0) is 20.9. The number of anilines is 1. The Morgan fingerprint density at radius 3 is 2.70 bits per heavy atom. The predicted molar refractivity (Wildman–Crippen MR) is 113 cm³/mol. The fourth-order valence-electron chi connectivity index (χ4n) is 2.55. The van der Waals surface area contributed by atoms with Gasteiger partial charge in [-0.15, -0.1) is 21.5 Å². The molecular formula is C19H13N5O4S2. The Bertz CT molecular complexity index is 1190. The molecule has 4 rings (SSSR count). The summed E-state index contributed by atoms with van der Waals surface area (Å²) in [6, 6.07) is 15.7. The molecule has 0 aliphatic carbocycles. The van der Waals surface area contributed by atoms with Crippen molar-refractivity contribution in [3.8, 4) is 22.7 Å². The van der Waals surface area contributed by atoms with E-state index in [2.05, 4.69) is 20.5 Å². The summed E-state index contributed by atoms with van der Waals surface area (Å²) >= 11 is 2.37. The van der Waals surface area contributed by atoms with Crippen molar-refractivity contribution in [2.75, 3.05) is 11.1 Å². The van der Waals surface area contributed by atoms with Gasteiger partial charge < -0.3 is 9.73 Å². The summed E-state index contributed by atoms with van der Waals surface area (Å²) in [5.41, 5.74) is 1.85. The van der Waals surface area contributed by atoms with Crippen LogP contribution in [0.15, 0.2) is 69.6 Å². The van der Waals surface area contributed by atoms with Gasteiger partial charge in [0, 0.05) is 17.0 Å². The van der Waals surface area contributed by atoms with E-state index >= 15 is 0 Å². The summed E-state index contributed by atoms with van der Waals surface area (Å²) in [5.74, 6) is -0.226. The number of nitro groups is 1. The van der Waals surface area contributed by atoms with Gasteiger partial charge in [-0.1, -0.05) is 54.2 Å². The highest BCUT2D eigenvalue weighted by Gasteiger charge is 2.20. The van der Waals surface area contributed by atoms with E-state index in [0.717, 1.165) is 23.0 Å². The van der Waals surface area contributed by atoms with Crippen LogP contribution in [0.5, 0.6) is 0 Å². The molecule has 9 nitrogen and oxygen atoms in total. The first kappa shape index (κ1) is 19.7. The summed E-state index contributed by atoms with van der Waals surface area (Å²) in [6.45, 7) is 0. The van der Waals surface area contributed by atoms with E-state index in [0.29, 0.717) is 5.13 Å². The van der Waals surface area contributed by atoms with Crippen LogP contribution in [-0.2, 0) is 4.79 Å². The van der Waals surface area contributed by atoms with Crippen molar-refractivity contribution in [2.24, 2.45) is 0 Å². The molecule has 1 N–H and O–H groups in total. The smallest absolute Gasteiger partial charge is 0.282 e. The van der Waals surface area contributed by atoms with Crippen LogP contribution in [0.25, 0.3) is 22.7 Å². The Balaban J connectivity index is 1.36. The third-order valence-electron chi connectivity index (χ3n) is 3.88. The molecule has 2 aromatic heterocycles. The summed E-state index contributed by atoms with van der Waals surface area (Å²) in [5, 5.41) is 24.1. The number of nitrogens with zero attached hydrogens (tertiary/aromatic N) is 4. The molecule has 0 bridgehead atoms. The van der Waals surface area contributed by atoms with E-state index in [1.807, 2.05) is 35.7 Å². The minimum Gasteiger partial charge on any atom is -0.411 e. The molecule has 0 saturated heterocycles. The minimum atomic E-state index is -0.516. The molecule has 11 heteroatoms. The quantitative estimate of drug-likeness (QED) is 0.254. The normalized spacial score (nSPS) is 10.7. The second-order valence-electron chi connectivity index (χ2n) is 5.89. The zero-order valence-electron chi connectivity index (χ0n) is 15.2. The van der Waals surface area contributed by atoms with Crippen LogP contribution in [0.2, 0.25) is 0 Å². The van der Waals surface area contributed by atoms with Gasteiger partial charge >= 0.3 is 0 Å². The standard InChI is InChI=1S/C19H13N5O4S2/c25-16(21-18-20-14(10-29-18)12-6-2-1-3-7-12)11-30-19-23-22-17(28-19)13-8-4-5-9-15(13)24(26)27/h1-10H,11H2,(H,20,21,25). The average Bonchev–Trinajstić information content (AvgIpc) is 3.43. The number of aromatic nitrogens is 3. The van der Waals surface area contributed by atoms with Gasteiger partial charge in [-0.05, 0) is 6.07 Å². The number of nitro benzene ring substituents is 1. The van der Waals surface area contributed by atoms with Crippen LogP contribution < -0.4 is 5.32 Å². The summed E-state index contributed by atoms with van der Waals surface area (Å²) in [6.07, 6.45) is 0. The van der Waals surface area contributed by atoms with Crippen LogP contribution in [-0.4, -0.2) is 31.8 Å². The average molecular weight is 439 g/mol. The second-order valence-corrected chi connectivity index (χ2v) is 7.67. The van der Waals surface area contributed by atoms with E-state index in [9.17, 15) is 14.9 Å². The summed E-state index contributed by atoms with van der Waals surface area (Å²) in [7, 11) is 0. The molecular weight excluding hydrogens is 426 g/mol. The van der Waals surface area contributed by atoms with E-state index in [-0.39, 0.29) is 34.0 Å². The first-order chi connectivity index (χ1) is 14.6. The Morgan fingerprint density at radius 2 is 1.90 bits per heavy atom. The largest absolute Gasteiger partial charge is 0.411 e. The number of carbonyl (C=O) groups is 1. The van der Waals surface area contributed by atoms with Crippen molar-refractivity contribution in [1.29, 1.82) is 0 Å². The molecule has 30 heavy (non-hydrogen) atoms. The number of hydrogen-bond donors (Lipinski definition) is 1. The third kappa shape index (κ3) is 4.53. The lowest BCUT2D eigenvalue weighted by molar-refractivity contribution is -0.384. The molecule has 1 amide bonds. The van der Waals surface area contributed by atoms with Gasteiger partial charge in [0.2, 0.25) is 5.91 Å². The Labute approximate surface area is 178 Å². The number of carbonyl (C=O) groups excluding carboxylic acids is 1. The summed E-state index contributed by atoms with van der Waals surface area (Å²) < 4.78 is 5.47. The lowest BCUT2D eigenvalue weighted by Gasteiger charge is -1.99. The maximum atomic E-state index is 12.2. The molecule has 2 aromatic carbocycles. The van der Waals surface area contributed by atoms with Crippen molar-refractivity contribution in [1.82, 2.24) is 15.2 Å². The fraction of sp³-hybridized carbons (Fsp3) is 0.0526. The van der Waals surface area contributed by atoms with E-state index in [4.69, 9.17) is 4.42 Å². The van der Waals surface area contributed by atoms with Gasteiger partial charge in [-0.2, -0.15) is 0 Å². The zero-order valence-corrected chi connectivity index (χ0v) is 16.9. The minimum absolute atomic E-state index is 0.0256. The van der Waals surface area contributed by atoms with Crippen LogP contribution >= 0.6 is 23.1 Å². The molecule has 0 atom stereocenters. The number of para-hydroxylation sites is 1. The first-order valence-electron chi connectivity index (χ1n) is 8.61. The second kappa shape index (κ2) is 8.84. The van der Waals surface area contributed by atoms with E-state index < -0.39 is 4.92 Å². The van der Waals surface area contributed by atoms with Crippen LogP contribution in [0, 0.1) is 10.1 Å². The molecule has 4 aromatic rings. The molecule has 0 aliphatic rings. The highest BCUT2D eigenvalue weighted by molar-refractivity contribution is 7.99. The molecule has 0 fully saturated rings. The number of nitrogens with one attached hydrogen (secondary N) is 1. The number of thioether (sulfide) groups is 1. The molecule has 0 radical (unpaired) electrons. The molecule has 0 aliphatic heterocycles. The van der Waals surface area contributed by atoms with Crippen LogP contribution in [0.3, 0.4) is 0 Å². The van der Waals surface area contributed by atoms with Crippen LogP contribution in [0.4, 0.5) is 10.8 Å². The molecule has 0 saturated carbocycles. The Kier molecular flexibility index (Phi) is 5.82. The molecule has 0 unspecified atom stereocenters.